The number of rotatable bonds is 10. The Hall–Kier alpha value is -5.90. The number of allylic oxidation sites excluding steroid dienone is 4. The predicted octanol–water partition coefficient (Wildman–Crippen LogP) is 6.51. The lowest BCUT2D eigenvalue weighted by Gasteiger charge is -2.20. The van der Waals surface area contributed by atoms with Crippen LogP contribution < -0.4 is 9.88 Å². The van der Waals surface area contributed by atoms with Crippen molar-refractivity contribution in [2.75, 3.05) is 5.32 Å². The predicted molar refractivity (Wildman–Crippen MR) is 215 cm³/mol. The summed E-state index contributed by atoms with van der Waals surface area (Å²) in [4.78, 5) is 20.3. The average molecular weight is 806 g/mol. The molecule has 4 heterocycles. The van der Waals surface area contributed by atoms with Crippen LogP contribution in [0.3, 0.4) is 0 Å². The van der Waals surface area contributed by atoms with Crippen molar-refractivity contribution in [3.05, 3.63) is 130 Å². The number of carbonyl (C=O) groups is 1. The molecule has 4 N–H and O–H groups in total. The van der Waals surface area contributed by atoms with E-state index >= 15 is 0 Å². The molecule has 12 nitrogen and oxygen atoms in total. The minimum absolute atomic E-state index is 0.112. The second kappa shape index (κ2) is 15.9. The molecular weight excluding hydrogens is 765 g/mol. The fourth-order valence-corrected chi connectivity index (χ4v) is 7.53. The maximum Gasteiger partial charge on any atom is 0.327 e. The molecule has 0 unspecified atom stereocenters. The third-order valence-corrected chi connectivity index (χ3v) is 11.7. The topological polar surface area (TPSA) is 187 Å². The summed E-state index contributed by atoms with van der Waals surface area (Å²) in [7, 11) is -8.60. The van der Waals surface area contributed by atoms with Crippen LogP contribution in [0.15, 0.2) is 112 Å². The zero-order valence-corrected chi connectivity index (χ0v) is 33.4. The lowest BCUT2D eigenvalue weighted by atomic mass is 9.81. The van der Waals surface area contributed by atoms with Crippen molar-refractivity contribution < 1.29 is 40.4 Å². The molecule has 6 rings (SSSR count). The fraction of sp³-hybridized carbons (Fsp3) is 0.256. The molecule has 14 heteroatoms. The Morgan fingerprint density at radius 3 is 1.91 bits per heavy atom. The highest BCUT2D eigenvalue weighted by Crippen LogP contribution is 2.43. The van der Waals surface area contributed by atoms with Gasteiger partial charge in [-0.25, -0.2) is 9.55 Å². The second-order valence-corrected chi connectivity index (χ2v) is 17.6. The summed E-state index contributed by atoms with van der Waals surface area (Å²) in [5.41, 5.74) is 5.38. The van der Waals surface area contributed by atoms with E-state index in [2.05, 4.69) is 66.2 Å². The first kappa shape index (κ1) is 40.8. The Balaban J connectivity index is 1.23. The minimum atomic E-state index is -4.32. The van der Waals surface area contributed by atoms with Gasteiger partial charge in [0.25, 0.3) is 20.2 Å². The summed E-state index contributed by atoms with van der Waals surface area (Å²) in [5.74, 6) is 13.1. The third-order valence-electron chi connectivity index (χ3n) is 9.95. The fourth-order valence-electron chi connectivity index (χ4n) is 6.57. The van der Waals surface area contributed by atoms with Crippen molar-refractivity contribution in [3.8, 4) is 23.7 Å². The van der Waals surface area contributed by atoms with Crippen LogP contribution in [0, 0.1) is 23.7 Å². The Morgan fingerprint density at radius 2 is 1.33 bits per heavy atom. The van der Waals surface area contributed by atoms with Gasteiger partial charge in [0.2, 0.25) is 0 Å². The van der Waals surface area contributed by atoms with Gasteiger partial charge in [0.15, 0.2) is 5.71 Å². The standard InChI is InChI=1S/C43H40N4O8S2/c1-42(2)35-25-31(14-12-29-16-20-33(21-17-29)56(50,51)52)27-44-40(35)45-37(42)9-8-10-38-43(3,4)36-26-32(15-13-30-18-22-34(23-19-30)57(53,54)55)28-47(41(36)46-38)24-7-5-6-11-39(48)49/h8-10,16-23,25-28H,5-7,11,24H2,1-4H3,(H3,48,49,50,51,52,53,54,55)/p+1. The summed E-state index contributed by atoms with van der Waals surface area (Å²) in [6, 6.07) is 15.3. The van der Waals surface area contributed by atoms with E-state index < -0.39 is 37.0 Å². The molecule has 0 bridgehead atoms. The van der Waals surface area contributed by atoms with Crippen LogP contribution in [0.1, 0.15) is 86.8 Å². The van der Waals surface area contributed by atoms with Crippen LogP contribution in [0.4, 0.5) is 11.6 Å². The number of hydrogen-bond donors (Lipinski definition) is 4. The summed E-state index contributed by atoms with van der Waals surface area (Å²) >= 11 is 0. The van der Waals surface area contributed by atoms with Crippen LogP contribution in [0.2, 0.25) is 0 Å². The monoisotopic (exact) mass is 805 g/mol. The first-order chi connectivity index (χ1) is 26.8. The van der Waals surface area contributed by atoms with Gasteiger partial charge >= 0.3 is 11.8 Å². The highest BCUT2D eigenvalue weighted by Gasteiger charge is 2.42. The third kappa shape index (κ3) is 9.39. The second-order valence-electron chi connectivity index (χ2n) is 14.8. The quantitative estimate of drug-likeness (QED) is 0.0596. The van der Waals surface area contributed by atoms with E-state index in [1.54, 1.807) is 6.20 Å². The highest BCUT2D eigenvalue weighted by atomic mass is 32.2. The van der Waals surface area contributed by atoms with Gasteiger partial charge < -0.3 is 10.4 Å². The number of fused-ring (bicyclic) bond motifs is 2. The number of aryl methyl sites for hydroxylation is 1. The number of pyridine rings is 2. The van der Waals surface area contributed by atoms with Gasteiger partial charge in [0.05, 0.1) is 32.9 Å². The van der Waals surface area contributed by atoms with E-state index in [-0.39, 0.29) is 16.2 Å². The van der Waals surface area contributed by atoms with Crippen molar-refractivity contribution in [1.82, 2.24) is 4.98 Å². The number of benzene rings is 2. The number of aliphatic carboxylic acids is 1. The lowest BCUT2D eigenvalue weighted by Crippen LogP contribution is -2.35. The number of aromatic nitrogens is 2. The summed E-state index contributed by atoms with van der Waals surface area (Å²) in [6.07, 6.45) is 11.7. The smallest absolute Gasteiger partial charge is 0.327 e. The normalized spacial score (nSPS) is 15.8. The van der Waals surface area contributed by atoms with Crippen LogP contribution in [0.5, 0.6) is 0 Å². The van der Waals surface area contributed by atoms with Crippen LogP contribution in [-0.4, -0.2) is 47.7 Å². The number of anilines is 1. The van der Waals surface area contributed by atoms with Crippen LogP contribution in [0.25, 0.3) is 0 Å². The maximum atomic E-state index is 11.5. The zero-order chi connectivity index (χ0) is 41.2. The van der Waals surface area contributed by atoms with Gasteiger partial charge in [0, 0.05) is 46.0 Å². The Labute approximate surface area is 332 Å². The molecule has 0 amide bonds. The van der Waals surface area contributed by atoms with Gasteiger partial charge in [-0.1, -0.05) is 43.6 Å². The lowest BCUT2D eigenvalue weighted by molar-refractivity contribution is -0.685. The SMILES string of the molecule is CC1(C)C(/C=C/C=C2\Nc3ncc(C#Cc4ccc(S(=O)(=O)O)cc4)cc3C2(C)C)=Nc2c1cc(C#Cc1ccc(S(=O)(=O)O)cc1)c[n+]2CCCCCC(=O)O. The number of aliphatic imine (C=N–C) groups is 1. The summed E-state index contributed by atoms with van der Waals surface area (Å²) in [5, 5.41) is 12.5. The largest absolute Gasteiger partial charge is 0.481 e. The molecule has 0 saturated heterocycles. The molecule has 0 radical (unpaired) electrons. The number of carboxylic acids is 1. The molecule has 0 atom stereocenters. The molecule has 2 aliphatic rings. The van der Waals surface area contributed by atoms with Gasteiger partial charge in [0.1, 0.15) is 12.0 Å². The Morgan fingerprint density at radius 1 is 0.772 bits per heavy atom. The number of carboxylic acid groups (broad SMARTS) is 1. The first-order valence-corrected chi connectivity index (χ1v) is 20.9. The Kier molecular flexibility index (Phi) is 11.4. The van der Waals surface area contributed by atoms with E-state index in [0.717, 1.165) is 52.6 Å². The Bertz CT molecular complexity index is 2710. The van der Waals surface area contributed by atoms with Crippen molar-refractivity contribution in [3.63, 3.8) is 0 Å². The molecule has 2 aromatic carbocycles. The van der Waals surface area contributed by atoms with Crippen molar-refractivity contribution in [2.24, 2.45) is 4.99 Å². The minimum Gasteiger partial charge on any atom is -0.481 e. The molecule has 57 heavy (non-hydrogen) atoms. The summed E-state index contributed by atoms with van der Waals surface area (Å²) in [6.45, 7) is 8.99. The number of nitrogens with zero attached hydrogens (tertiary/aromatic N) is 3. The van der Waals surface area contributed by atoms with Gasteiger partial charge in [-0.2, -0.15) is 16.8 Å². The molecule has 292 valence electrons. The van der Waals surface area contributed by atoms with Crippen LogP contribution >= 0.6 is 0 Å². The van der Waals surface area contributed by atoms with E-state index in [4.69, 9.17) is 10.1 Å². The number of unbranched alkanes of at least 4 members (excludes halogenated alkanes) is 2. The molecule has 2 aliphatic heterocycles. The van der Waals surface area contributed by atoms with E-state index in [1.807, 2.05) is 36.6 Å². The average Bonchev–Trinajstić information content (AvgIpc) is 3.55. The van der Waals surface area contributed by atoms with Gasteiger partial charge in [-0.3, -0.25) is 13.9 Å². The molecule has 2 aromatic heterocycles. The summed E-state index contributed by atoms with van der Waals surface area (Å²) < 4.78 is 66.2. The van der Waals surface area contributed by atoms with Crippen molar-refractivity contribution >= 4 is 43.6 Å². The number of nitrogens with one attached hydrogen (secondary N) is 1. The molecule has 0 fully saturated rings. The number of hydrogen-bond acceptors (Lipinski definition) is 8. The van der Waals surface area contributed by atoms with Gasteiger partial charge in [-0.05, 0) is 111 Å². The maximum absolute atomic E-state index is 11.5. The van der Waals surface area contributed by atoms with Crippen molar-refractivity contribution in [2.45, 2.75) is 80.5 Å². The van der Waals surface area contributed by atoms with Gasteiger partial charge in [-0.15, -0.1) is 0 Å². The molecule has 0 saturated carbocycles. The van der Waals surface area contributed by atoms with Crippen molar-refractivity contribution in [1.29, 1.82) is 0 Å². The first-order valence-electron chi connectivity index (χ1n) is 18.1. The molecule has 0 aliphatic carbocycles. The van der Waals surface area contributed by atoms with Crippen LogP contribution in [-0.2, 0) is 42.4 Å². The molecule has 0 spiro atoms. The van der Waals surface area contributed by atoms with E-state index in [9.17, 15) is 30.7 Å². The zero-order valence-electron chi connectivity index (χ0n) is 31.7. The van der Waals surface area contributed by atoms with E-state index in [0.29, 0.717) is 29.7 Å². The molecular formula is C43H41N4O8S2+. The van der Waals surface area contributed by atoms with E-state index in [1.165, 1.54) is 48.5 Å². The molecule has 4 aromatic rings. The highest BCUT2D eigenvalue weighted by molar-refractivity contribution is 7.86.